The fourth-order valence-corrected chi connectivity index (χ4v) is 2.10. The van der Waals surface area contributed by atoms with Crippen molar-refractivity contribution in [3.05, 3.63) is 29.3 Å². The minimum absolute atomic E-state index is 0.0224. The number of amides is 2. The van der Waals surface area contributed by atoms with Crippen molar-refractivity contribution in [3.8, 4) is 0 Å². The fourth-order valence-electron chi connectivity index (χ4n) is 2.10. The summed E-state index contributed by atoms with van der Waals surface area (Å²) in [6.07, 6.45) is 0. The molecule has 1 aliphatic rings. The van der Waals surface area contributed by atoms with Crippen LogP contribution in [0, 0.1) is 18.8 Å². The van der Waals surface area contributed by atoms with E-state index in [0.717, 1.165) is 18.7 Å². The normalized spacial score (nSPS) is 16.5. The molecule has 1 saturated heterocycles. The second kappa shape index (κ2) is 5.40. The number of carbonyl (C=O) groups excluding carboxylic acids is 2. The number of rotatable bonds is 4. The highest BCUT2D eigenvalue weighted by atomic mass is 16.2. The second-order valence-electron chi connectivity index (χ2n) is 5.09. The van der Waals surface area contributed by atoms with Crippen LogP contribution in [-0.2, 0) is 4.79 Å². The van der Waals surface area contributed by atoms with Crippen LogP contribution in [-0.4, -0.2) is 24.9 Å². The maximum absolute atomic E-state index is 12.1. The molecule has 0 bridgehead atoms. The zero-order valence-corrected chi connectivity index (χ0v) is 11.2. The summed E-state index contributed by atoms with van der Waals surface area (Å²) < 4.78 is 0. The summed E-state index contributed by atoms with van der Waals surface area (Å²) in [5.41, 5.74) is 7.16. The third-order valence-corrected chi connectivity index (χ3v) is 3.70. The van der Waals surface area contributed by atoms with Crippen LogP contribution in [0.3, 0.4) is 0 Å². The Labute approximate surface area is 112 Å². The Morgan fingerprint density at radius 1 is 1.42 bits per heavy atom. The first kappa shape index (κ1) is 13.5. The van der Waals surface area contributed by atoms with E-state index in [9.17, 15) is 9.59 Å². The molecule has 5 nitrogen and oxygen atoms in total. The Bertz CT molecular complexity index is 509. The van der Waals surface area contributed by atoms with E-state index in [1.165, 1.54) is 0 Å². The van der Waals surface area contributed by atoms with E-state index >= 15 is 0 Å². The molecule has 0 saturated carbocycles. The number of primary amides is 1. The van der Waals surface area contributed by atoms with E-state index in [1.807, 2.05) is 13.8 Å². The molecule has 0 aliphatic carbocycles. The Balaban J connectivity index is 2.08. The van der Waals surface area contributed by atoms with Gasteiger partial charge in [-0.15, -0.1) is 0 Å². The molecule has 1 aromatic rings. The number of nitrogens with two attached hydrogens (primary N) is 1. The van der Waals surface area contributed by atoms with Crippen molar-refractivity contribution in [2.24, 2.45) is 17.6 Å². The van der Waals surface area contributed by atoms with Crippen molar-refractivity contribution < 1.29 is 9.59 Å². The first-order valence-corrected chi connectivity index (χ1v) is 6.41. The van der Waals surface area contributed by atoms with Crippen LogP contribution in [0.2, 0.25) is 0 Å². The van der Waals surface area contributed by atoms with Gasteiger partial charge in [-0.1, -0.05) is 13.0 Å². The summed E-state index contributed by atoms with van der Waals surface area (Å²) >= 11 is 0. The molecule has 1 aliphatic heterocycles. The second-order valence-corrected chi connectivity index (χ2v) is 5.09. The summed E-state index contributed by atoms with van der Waals surface area (Å²) in [5, 5.41) is 5.99. The molecule has 1 atom stereocenters. The molecule has 1 fully saturated rings. The topological polar surface area (TPSA) is 84.2 Å². The molecule has 4 N–H and O–H groups in total. The molecule has 5 heteroatoms. The highest BCUT2D eigenvalue weighted by Gasteiger charge is 2.28. The van der Waals surface area contributed by atoms with Gasteiger partial charge in [-0.25, -0.2) is 0 Å². The molecule has 1 unspecified atom stereocenters. The number of nitrogens with one attached hydrogen (secondary N) is 2. The molecule has 2 rings (SSSR count). The van der Waals surface area contributed by atoms with E-state index in [4.69, 9.17) is 5.73 Å². The number of aryl methyl sites for hydroxylation is 1. The number of hydrogen-bond acceptors (Lipinski definition) is 3. The van der Waals surface area contributed by atoms with Crippen LogP contribution in [0.5, 0.6) is 0 Å². The Kier molecular flexibility index (Phi) is 3.85. The van der Waals surface area contributed by atoms with Gasteiger partial charge in [-0.2, -0.15) is 0 Å². The van der Waals surface area contributed by atoms with Crippen molar-refractivity contribution in [3.63, 3.8) is 0 Å². The molecule has 0 aromatic heterocycles. The van der Waals surface area contributed by atoms with Crippen LogP contribution in [0.15, 0.2) is 18.2 Å². The third kappa shape index (κ3) is 2.93. The number of benzene rings is 1. The van der Waals surface area contributed by atoms with Gasteiger partial charge in [-0.05, 0) is 43.6 Å². The van der Waals surface area contributed by atoms with Crippen molar-refractivity contribution in [2.45, 2.75) is 13.8 Å². The third-order valence-electron chi connectivity index (χ3n) is 3.70. The van der Waals surface area contributed by atoms with Gasteiger partial charge in [0.05, 0.1) is 0 Å². The van der Waals surface area contributed by atoms with Crippen molar-refractivity contribution in [1.82, 2.24) is 5.32 Å². The van der Waals surface area contributed by atoms with E-state index in [-0.39, 0.29) is 11.8 Å². The van der Waals surface area contributed by atoms with E-state index in [1.54, 1.807) is 18.2 Å². The summed E-state index contributed by atoms with van der Waals surface area (Å²) in [5.74, 6) is -0.156. The monoisotopic (exact) mass is 261 g/mol. The van der Waals surface area contributed by atoms with Gasteiger partial charge in [-0.3, -0.25) is 9.59 Å². The molecular formula is C14H19N3O2. The van der Waals surface area contributed by atoms with Gasteiger partial charge in [0.25, 0.3) is 0 Å². The van der Waals surface area contributed by atoms with E-state index in [2.05, 4.69) is 10.6 Å². The van der Waals surface area contributed by atoms with Crippen LogP contribution in [0.1, 0.15) is 22.8 Å². The number of carbonyl (C=O) groups is 2. The Hall–Kier alpha value is -1.88. The quantitative estimate of drug-likeness (QED) is 0.752. The molecule has 102 valence electrons. The average Bonchev–Trinajstić information content (AvgIpc) is 2.28. The van der Waals surface area contributed by atoms with Crippen molar-refractivity contribution >= 4 is 17.5 Å². The molecule has 19 heavy (non-hydrogen) atoms. The van der Waals surface area contributed by atoms with Crippen molar-refractivity contribution in [2.75, 3.05) is 18.4 Å². The van der Waals surface area contributed by atoms with Crippen LogP contribution < -0.4 is 16.4 Å². The SMILES string of the molecule is Cc1ccc(NC(=O)C(C)C2CNC2)cc1C(N)=O. The van der Waals surface area contributed by atoms with Gasteiger partial charge in [0.15, 0.2) is 0 Å². The first-order chi connectivity index (χ1) is 8.99. The van der Waals surface area contributed by atoms with Gasteiger partial charge >= 0.3 is 0 Å². The van der Waals surface area contributed by atoms with E-state index in [0.29, 0.717) is 17.2 Å². The minimum Gasteiger partial charge on any atom is -0.366 e. The molecule has 2 amide bonds. The maximum Gasteiger partial charge on any atom is 0.249 e. The zero-order chi connectivity index (χ0) is 14.0. The predicted octanol–water partition coefficient (Wildman–Crippen LogP) is 0.888. The summed E-state index contributed by atoms with van der Waals surface area (Å²) in [6, 6.07) is 5.19. The number of anilines is 1. The van der Waals surface area contributed by atoms with Crippen molar-refractivity contribution in [1.29, 1.82) is 0 Å². The first-order valence-electron chi connectivity index (χ1n) is 6.41. The van der Waals surface area contributed by atoms with Crippen LogP contribution in [0.25, 0.3) is 0 Å². The molecule has 0 radical (unpaired) electrons. The highest BCUT2D eigenvalue weighted by Crippen LogP contribution is 2.20. The molecule has 1 heterocycles. The highest BCUT2D eigenvalue weighted by molar-refractivity contribution is 5.97. The zero-order valence-electron chi connectivity index (χ0n) is 11.2. The molecule has 0 spiro atoms. The summed E-state index contributed by atoms with van der Waals surface area (Å²) in [7, 11) is 0. The summed E-state index contributed by atoms with van der Waals surface area (Å²) in [4.78, 5) is 23.3. The maximum atomic E-state index is 12.1. The molecule has 1 aromatic carbocycles. The summed E-state index contributed by atoms with van der Waals surface area (Å²) in [6.45, 7) is 5.50. The smallest absolute Gasteiger partial charge is 0.249 e. The van der Waals surface area contributed by atoms with Gasteiger partial charge in [0.2, 0.25) is 11.8 Å². The van der Waals surface area contributed by atoms with Gasteiger partial charge in [0, 0.05) is 17.2 Å². The van der Waals surface area contributed by atoms with Crippen LogP contribution >= 0.6 is 0 Å². The largest absolute Gasteiger partial charge is 0.366 e. The Morgan fingerprint density at radius 3 is 2.63 bits per heavy atom. The Morgan fingerprint density at radius 2 is 2.11 bits per heavy atom. The minimum atomic E-state index is -0.482. The van der Waals surface area contributed by atoms with E-state index < -0.39 is 5.91 Å². The standard InChI is InChI=1S/C14H19N3O2/c1-8-3-4-11(5-12(8)13(15)18)17-14(19)9(2)10-6-16-7-10/h3-5,9-10,16H,6-7H2,1-2H3,(H2,15,18)(H,17,19). The van der Waals surface area contributed by atoms with Gasteiger partial charge in [0.1, 0.15) is 0 Å². The average molecular weight is 261 g/mol. The lowest BCUT2D eigenvalue weighted by atomic mass is 9.88. The fraction of sp³-hybridized carbons (Fsp3) is 0.429. The van der Waals surface area contributed by atoms with Crippen LogP contribution in [0.4, 0.5) is 5.69 Å². The number of hydrogen-bond donors (Lipinski definition) is 3. The lowest BCUT2D eigenvalue weighted by Crippen LogP contribution is -2.48. The van der Waals surface area contributed by atoms with Gasteiger partial charge < -0.3 is 16.4 Å². The lowest BCUT2D eigenvalue weighted by molar-refractivity contribution is -0.121. The lowest BCUT2D eigenvalue weighted by Gasteiger charge is -2.31. The predicted molar refractivity (Wildman–Crippen MR) is 73.9 cm³/mol. The molecular weight excluding hydrogens is 242 g/mol.